The predicted octanol–water partition coefficient (Wildman–Crippen LogP) is 4.26. The van der Waals surface area contributed by atoms with Gasteiger partial charge in [-0.15, -0.1) is 0 Å². The van der Waals surface area contributed by atoms with Crippen LogP contribution in [0, 0.1) is 5.92 Å². The summed E-state index contributed by atoms with van der Waals surface area (Å²) in [6, 6.07) is 0. The van der Waals surface area contributed by atoms with Crippen molar-refractivity contribution in [2.75, 3.05) is 19.6 Å². The van der Waals surface area contributed by atoms with Crippen molar-refractivity contribution in [3.8, 4) is 0 Å². The van der Waals surface area contributed by atoms with Crippen LogP contribution in [-0.4, -0.2) is 36.1 Å². The Morgan fingerprint density at radius 1 is 1.15 bits per heavy atom. The number of nitrogens with zero attached hydrogens (tertiary/aromatic N) is 1. The number of esters is 1. The molecule has 0 aromatic rings. The van der Waals surface area contributed by atoms with E-state index in [2.05, 4.69) is 11.8 Å². The van der Waals surface area contributed by atoms with Crippen LogP contribution in [0.1, 0.15) is 73.6 Å². The number of hydrogen-bond donors (Lipinski definition) is 0. The van der Waals surface area contributed by atoms with E-state index in [1.807, 2.05) is 34.6 Å². The summed E-state index contributed by atoms with van der Waals surface area (Å²) in [4.78, 5) is 14.4. The molecule has 1 aliphatic heterocycles. The van der Waals surface area contributed by atoms with Gasteiger partial charge in [0.05, 0.1) is 5.92 Å². The summed E-state index contributed by atoms with van der Waals surface area (Å²) in [6.45, 7) is 15.3. The number of rotatable bonds is 5. The molecule has 0 spiro atoms. The Morgan fingerprint density at radius 2 is 1.70 bits per heavy atom. The monoisotopic (exact) mass is 285 g/mol. The molecule has 1 heterocycles. The lowest BCUT2D eigenvalue weighted by atomic mass is 9.96. The number of hydrogen-bond acceptors (Lipinski definition) is 3. The molecule has 0 saturated carbocycles. The van der Waals surface area contributed by atoms with Crippen molar-refractivity contribution in [3.05, 3.63) is 0 Å². The van der Waals surface area contributed by atoms with Crippen LogP contribution in [0.25, 0.3) is 0 Å². The Labute approximate surface area is 126 Å². The minimum absolute atomic E-state index is 0.00397. The standard InChI is InChI=1S/C15H29NO2.C2H6/c1-5-6-7-10-16-11-8-13(9-12-16)14(17)18-15(2,3)4;1-2/h13H,5-12H2,1-4H3;1-2H3. The first-order valence-electron chi connectivity index (χ1n) is 8.37. The molecular weight excluding hydrogens is 250 g/mol. The fourth-order valence-electron chi connectivity index (χ4n) is 2.36. The molecule has 0 aliphatic carbocycles. The van der Waals surface area contributed by atoms with Gasteiger partial charge in [0, 0.05) is 0 Å². The molecule has 20 heavy (non-hydrogen) atoms. The molecule has 1 rings (SSSR count). The normalized spacial score (nSPS) is 17.3. The molecule has 1 fully saturated rings. The summed E-state index contributed by atoms with van der Waals surface area (Å²) in [5.74, 6) is 0.113. The van der Waals surface area contributed by atoms with E-state index < -0.39 is 0 Å². The summed E-state index contributed by atoms with van der Waals surface area (Å²) in [5.41, 5.74) is -0.352. The molecule has 1 saturated heterocycles. The van der Waals surface area contributed by atoms with Crippen LogP contribution in [0.15, 0.2) is 0 Å². The zero-order valence-electron chi connectivity index (χ0n) is 14.5. The maximum Gasteiger partial charge on any atom is 0.309 e. The van der Waals surface area contributed by atoms with Gasteiger partial charge >= 0.3 is 5.97 Å². The molecule has 120 valence electrons. The number of carbonyl (C=O) groups excluding carboxylic acids is 1. The molecule has 0 atom stereocenters. The van der Waals surface area contributed by atoms with E-state index in [4.69, 9.17) is 4.74 Å². The molecule has 0 aromatic heterocycles. The van der Waals surface area contributed by atoms with Gasteiger partial charge in [0.25, 0.3) is 0 Å². The van der Waals surface area contributed by atoms with Gasteiger partial charge in [-0.3, -0.25) is 4.79 Å². The quantitative estimate of drug-likeness (QED) is 0.558. The molecule has 0 aromatic carbocycles. The predicted molar refractivity (Wildman–Crippen MR) is 85.9 cm³/mol. The average molecular weight is 285 g/mol. The van der Waals surface area contributed by atoms with Crippen molar-refractivity contribution in [2.24, 2.45) is 5.92 Å². The third-order valence-corrected chi connectivity index (χ3v) is 3.41. The molecule has 0 unspecified atom stereocenters. The van der Waals surface area contributed by atoms with Crippen LogP contribution in [0.2, 0.25) is 0 Å². The van der Waals surface area contributed by atoms with E-state index in [1.54, 1.807) is 0 Å². The molecule has 0 radical (unpaired) electrons. The first kappa shape index (κ1) is 19.4. The van der Waals surface area contributed by atoms with Gasteiger partial charge in [-0.05, 0) is 59.7 Å². The van der Waals surface area contributed by atoms with Crippen molar-refractivity contribution in [1.29, 1.82) is 0 Å². The van der Waals surface area contributed by atoms with Crippen molar-refractivity contribution in [1.82, 2.24) is 4.90 Å². The van der Waals surface area contributed by atoms with Crippen LogP contribution < -0.4 is 0 Å². The third-order valence-electron chi connectivity index (χ3n) is 3.41. The average Bonchev–Trinajstić information content (AvgIpc) is 2.40. The van der Waals surface area contributed by atoms with Gasteiger partial charge in [0.2, 0.25) is 0 Å². The summed E-state index contributed by atoms with van der Waals surface area (Å²) in [6.07, 6.45) is 5.79. The largest absolute Gasteiger partial charge is 0.460 e. The minimum Gasteiger partial charge on any atom is -0.460 e. The van der Waals surface area contributed by atoms with Gasteiger partial charge < -0.3 is 9.64 Å². The molecule has 3 heteroatoms. The van der Waals surface area contributed by atoms with Gasteiger partial charge in [-0.1, -0.05) is 33.6 Å². The lowest BCUT2D eigenvalue weighted by Crippen LogP contribution is -2.39. The second-order valence-electron chi connectivity index (χ2n) is 6.36. The summed E-state index contributed by atoms with van der Waals surface area (Å²) < 4.78 is 5.45. The number of piperidine rings is 1. The van der Waals surface area contributed by atoms with Crippen molar-refractivity contribution in [3.63, 3.8) is 0 Å². The Balaban J connectivity index is 0.00000172. The van der Waals surface area contributed by atoms with E-state index in [9.17, 15) is 4.79 Å². The highest BCUT2D eigenvalue weighted by molar-refractivity contribution is 5.73. The van der Waals surface area contributed by atoms with Crippen molar-refractivity contribution >= 4 is 5.97 Å². The molecule has 0 bridgehead atoms. The van der Waals surface area contributed by atoms with Gasteiger partial charge in [-0.2, -0.15) is 0 Å². The minimum atomic E-state index is -0.352. The van der Waals surface area contributed by atoms with Crippen LogP contribution in [-0.2, 0) is 9.53 Å². The van der Waals surface area contributed by atoms with Crippen LogP contribution in [0.3, 0.4) is 0 Å². The lowest BCUT2D eigenvalue weighted by Gasteiger charge is -2.32. The number of likely N-dealkylation sites (tertiary alicyclic amines) is 1. The SMILES string of the molecule is CC.CCCCCN1CCC(C(=O)OC(C)(C)C)CC1. The van der Waals surface area contributed by atoms with E-state index >= 15 is 0 Å². The second-order valence-corrected chi connectivity index (χ2v) is 6.36. The van der Waals surface area contributed by atoms with E-state index in [-0.39, 0.29) is 17.5 Å². The number of carbonyl (C=O) groups is 1. The second kappa shape index (κ2) is 10.2. The molecular formula is C17H35NO2. The van der Waals surface area contributed by atoms with Crippen molar-refractivity contribution in [2.45, 2.75) is 79.2 Å². The Kier molecular flexibility index (Phi) is 9.91. The smallest absolute Gasteiger partial charge is 0.309 e. The summed E-state index contributed by atoms with van der Waals surface area (Å²) in [7, 11) is 0. The molecule has 0 N–H and O–H groups in total. The fraction of sp³-hybridized carbons (Fsp3) is 0.941. The first-order chi connectivity index (χ1) is 9.42. The van der Waals surface area contributed by atoms with Gasteiger partial charge in [-0.25, -0.2) is 0 Å². The molecule has 1 aliphatic rings. The van der Waals surface area contributed by atoms with Crippen molar-refractivity contribution < 1.29 is 9.53 Å². The Morgan fingerprint density at radius 3 is 2.15 bits per heavy atom. The van der Waals surface area contributed by atoms with Gasteiger partial charge in [0.15, 0.2) is 0 Å². The highest BCUT2D eigenvalue weighted by Crippen LogP contribution is 2.21. The van der Waals surface area contributed by atoms with E-state index in [1.165, 1.54) is 25.8 Å². The topological polar surface area (TPSA) is 29.5 Å². The summed E-state index contributed by atoms with van der Waals surface area (Å²) in [5, 5.41) is 0. The Hall–Kier alpha value is -0.570. The van der Waals surface area contributed by atoms with E-state index in [0.29, 0.717) is 0 Å². The Bertz CT molecular complexity index is 250. The van der Waals surface area contributed by atoms with Crippen LogP contribution >= 0.6 is 0 Å². The maximum absolute atomic E-state index is 11.9. The lowest BCUT2D eigenvalue weighted by molar-refractivity contribution is -0.161. The fourth-order valence-corrected chi connectivity index (χ4v) is 2.36. The molecule has 3 nitrogen and oxygen atoms in total. The zero-order valence-corrected chi connectivity index (χ0v) is 14.5. The molecule has 0 amide bonds. The van der Waals surface area contributed by atoms with Crippen LogP contribution in [0.5, 0.6) is 0 Å². The first-order valence-corrected chi connectivity index (χ1v) is 8.37. The summed E-state index contributed by atoms with van der Waals surface area (Å²) >= 11 is 0. The zero-order chi connectivity index (χ0) is 15.6. The maximum atomic E-state index is 11.9. The highest BCUT2D eigenvalue weighted by atomic mass is 16.6. The third kappa shape index (κ3) is 8.57. The van der Waals surface area contributed by atoms with Gasteiger partial charge in [0.1, 0.15) is 5.60 Å². The van der Waals surface area contributed by atoms with Crippen LogP contribution in [0.4, 0.5) is 0 Å². The van der Waals surface area contributed by atoms with E-state index in [0.717, 1.165) is 25.9 Å². The highest BCUT2D eigenvalue weighted by Gasteiger charge is 2.28. The number of ether oxygens (including phenoxy) is 1. The number of unbranched alkanes of at least 4 members (excludes halogenated alkanes) is 2.